The second kappa shape index (κ2) is 12.7. The number of fused-ring (bicyclic) bond motifs is 2. The fourth-order valence-corrected chi connectivity index (χ4v) is 5.04. The number of anilines is 3. The number of nitrogens with zero attached hydrogens (tertiary/aromatic N) is 3. The summed E-state index contributed by atoms with van der Waals surface area (Å²) in [5.41, 5.74) is 1.99. The molecule has 0 unspecified atom stereocenters. The van der Waals surface area contributed by atoms with Crippen LogP contribution in [-0.4, -0.2) is 83.7 Å². The Bertz CT molecular complexity index is 1540. The van der Waals surface area contributed by atoms with Crippen LogP contribution in [-0.2, 0) is 0 Å². The first-order valence-corrected chi connectivity index (χ1v) is 14.2. The molecule has 0 radical (unpaired) electrons. The van der Waals surface area contributed by atoms with Crippen molar-refractivity contribution in [3.05, 3.63) is 53.4 Å². The number of likely N-dealkylation sites (N-methyl/N-ethyl adjacent to an activating group) is 1. The van der Waals surface area contributed by atoms with E-state index in [1.54, 1.807) is 69.1 Å². The Morgan fingerprint density at radius 3 is 2.64 bits per heavy atom. The van der Waals surface area contributed by atoms with E-state index in [0.717, 1.165) is 0 Å². The third-order valence-electron chi connectivity index (χ3n) is 7.64. The number of carbonyl (C=O) groups is 3. The van der Waals surface area contributed by atoms with E-state index in [0.29, 0.717) is 34.3 Å². The molecule has 2 aromatic carbocycles. The number of urea groups is 2. The van der Waals surface area contributed by atoms with Crippen LogP contribution in [0.4, 0.5) is 26.7 Å². The Balaban J connectivity index is 1.40. The lowest BCUT2D eigenvalue weighted by Crippen LogP contribution is -2.50. The van der Waals surface area contributed by atoms with Gasteiger partial charge in [-0.1, -0.05) is 18.1 Å². The van der Waals surface area contributed by atoms with Crippen molar-refractivity contribution in [3.8, 4) is 17.2 Å². The lowest BCUT2D eigenvalue weighted by atomic mass is 9.99. The fourth-order valence-electron chi connectivity index (χ4n) is 5.04. The van der Waals surface area contributed by atoms with Crippen LogP contribution in [0, 0.1) is 19.8 Å². The van der Waals surface area contributed by atoms with Crippen LogP contribution in [0.2, 0.25) is 0 Å². The summed E-state index contributed by atoms with van der Waals surface area (Å²) >= 11 is 0. The third-order valence-corrected chi connectivity index (χ3v) is 7.64. The summed E-state index contributed by atoms with van der Waals surface area (Å²) in [6.45, 7) is 7.37. The van der Waals surface area contributed by atoms with E-state index in [1.165, 1.54) is 4.90 Å². The molecule has 234 valence electrons. The van der Waals surface area contributed by atoms with E-state index in [-0.39, 0.29) is 55.3 Å². The van der Waals surface area contributed by atoms with Gasteiger partial charge in [0.15, 0.2) is 23.0 Å². The zero-order valence-electron chi connectivity index (χ0n) is 25.2. The second-order valence-electron chi connectivity index (χ2n) is 11.0. The van der Waals surface area contributed by atoms with Gasteiger partial charge in [0.2, 0.25) is 6.79 Å². The zero-order chi connectivity index (χ0) is 31.5. The molecule has 5 amide bonds. The fraction of sp³-hybridized carbons (Fsp3) is 0.400. The van der Waals surface area contributed by atoms with Gasteiger partial charge in [-0.25, -0.2) is 9.59 Å². The molecule has 5 rings (SSSR count). The molecule has 3 atom stereocenters. The van der Waals surface area contributed by atoms with Crippen molar-refractivity contribution in [1.29, 1.82) is 0 Å². The highest BCUT2D eigenvalue weighted by Gasteiger charge is 2.35. The molecular formula is C30H36N6O8. The van der Waals surface area contributed by atoms with Gasteiger partial charge in [0.05, 0.1) is 30.4 Å². The number of amides is 5. The average molecular weight is 609 g/mol. The van der Waals surface area contributed by atoms with Crippen molar-refractivity contribution in [2.45, 2.75) is 39.8 Å². The van der Waals surface area contributed by atoms with Crippen LogP contribution in [0.3, 0.4) is 0 Å². The van der Waals surface area contributed by atoms with Gasteiger partial charge in [-0.05, 0) is 45.0 Å². The van der Waals surface area contributed by atoms with Crippen molar-refractivity contribution < 1.29 is 38.2 Å². The van der Waals surface area contributed by atoms with Gasteiger partial charge < -0.3 is 49.6 Å². The van der Waals surface area contributed by atoms with Crippen molar-refractivity contribution in [1.82, 2.24) is 15.0 Å². The summed E-state index contributed by atoms with van der Waals surface area (Å²) in [7, 11) is 1.63. The minimum absolute atomic E-state index is 0.106. The number of para-hydroxylation sites is 1. The summed E-state index contributed by atoms with van der Waals surface area (Å²) in [4.78, 5) is 43.0. The minimum atomic E-state index is -0.601. The van der Waals surface area contributed by atoms with Gasteiger partial charge in [-0.2, -0.15) is 0 Å². The summed E-state index contributed by atoms with van der Waals surface area (Å²) in [6.07, 6.45) is -0.601. The van der Waals surface area contributed by atoms with Gasteiger partial charge in [-0.3, -0.25) is 4.79 Å². The highest BCUT2D eigenvalue weighted by Crippen LogP contribution is 2.36. The first-order chi connectivity index (χ1) is 21.0. The Morgan fingerprint density at radius 2 is 1.91 bits per heavy atom. The van der Waals surface area contributed by atoms with Gasteiger partial charge in [-0.15, -0.1) is 0 Å². The van der Waals surface area contributed by atoms with Crippen LogP contribution < -0.4 is 30.2 Å². The number of aliphatic hydroxyl groups is 1. The molecule has 0 aliphatic carbocycles. The number of ether oxygens (including phenoxy) is 3. The number of carbonyl (C=O) groups excluding carboxylic acids is 3. The molecule has 0 saturated carbocycles. The molecule has 2 aliphatic rings. The molecule has 0 spiro atoms. The lowest BCUT2D eigenvalue weighted by molar-refractivity contribution is 0.0373. The molecule has 0 bridgehead atoms. The van der Waals surface area contributed by atoms with Gasteiger partial charge in [0.1, 0.15) is 17.5 Å². The largest absolute Gasteiger partial charge is 0.485 e. The van der Waals surface area contributed by atoms with Gasteiger partial charge >= 0.3 is 12.1 Å². The number of nitrogens with one attached hydrogen (secondary N) is 3. The van der Waals surface area contributed by atoms with Crippen LogP contribution in [0.1, 0.15) is 35.7 Å². The maximum Gasteiger partial charge on any atom is 0.323 e. The van der Waals surface area contributed by atoms with Gasteiger partial charge in [0.25, 0.3) is 5.91 Å². The number of aryl methyl sites for hydroxylation is 2. The summed E-state index contributed by atoms with van der Waals surface area (Å²) in [5.74, 6) is 1.11. The molecule has 14 nitrogen and oxygen atoms in total. The molecule has 0 saturated heterocycles. The molecule has 4 N–H and O–H groups in total. The van der Waals surface area contributed by atoms with E-state index in [9.17, 15) is 19.5 Å². The van der Waals surface area contributed by atoms with E-state index in [1.807, 2.05) is 6.92 Å². The van der Waals surface area contributed by atoms with E-state index < -0.39 is 24.2 Å². The number of hydrogen-bond acceptors (Lipinski definition) is 9. The average Bonchev–Trinajstić information content (AvgIpc) is 3.60. The predicted octanol–water partition coefficient (Wildman–Crippen LogP) is 4.05. The predicted molar refractivity (Wildman–Crippen MR) is 160 cm³/mol. The Hall–Kier alpha value is -4.98. The number of rotatable bonds is 7. The Kier molecular flexibility index (Phi) is 8.81. The highest BCUT2D eigenvalue weighted by molar-refractivity contribution is 6.04. The van der Waals surface area contributed by atoms with Gasteiger partial charge in [0, 0.05) is 31.3 Å². The minimum Gasteiger partial charge on any atom is -0.485 e. The standard InChI is InChI=1S/C30H36N6O8/c1-16-12-36(17(2)14-37)28(38)21-7-6-8-22(32-29(39)31-20-9-10-23-24(11-20)42-15-41-23)27(21)43-25(16)13-35(5)30(40)33-26-18(3)34-44-19(26)4/h6-11,16-17,25,37H,12-15H2,1-5H3,(H,33,40)(H2,31,32,39)/t16-,17-,25-/m0/s1. The smallest absolute Gasteiger partial charge is 0.323 e. The third kappa shape index (κ3) is 6.34. The summed E-state index contributed by atoms with van der Waals surface area (Å²) < 4.78 is 22.3. The molecular weight excluding hydrogens is 572 g/mol. The lowest BCUT2D eigenvalue weighted by Gasteiger charge is -2.38. The Labute approximate surface area is 254 Å². The first kappa shape index (κ1) is 30.5. The highest BCUT2D eigenvalue weighted by atomic mass is 16.7. The number of benzene rings is 2. The van der Waals surface area contributed by atoms with Crippen LogP contribution in [0.5, 0.6) is 17.2 Å². The van der Waals surface area contributed by atoms with Crippen molar-refractivity contribution >= 4 is 35.0 Å². The van der Waals surface area contributed by atoms with E-state index in [4.69, 9.17) is 18.7 Å². The Morgan fingerprint density at radius 1 is 1.14 bits per heavy atom. The molecule has 3 heterocycles. The topological polar surface area (TPSA) is 168 Å². The normalized spacial score (nSPS) is 18.0. The van der Waals surface area contributed by atoms with E-state index >= 15 is 0 Å². The van der Waals surface area contributed by atoms with Crippen molar-refractivity contribution in [2.24, 2.45) is 5.92 Å². The SMILES string of the molecule is Cc1noc(C)c1NC(=O)N(C)C[C@@H]1Oc2c(NC(=O)Nc3ccc4c(c3)OCO4)cccc2C(=O)N([C@@H](C)CO)C[C@@H]1C. The summed E-state index contributed by atoms with van der Waals surface area (Å²) in [6, 6.07) is 8.44. The number of hydrogen-bond donors (Lipinski definition) is 4. The molecule has 1 aromatic heterocycles. The zero-order valence-corrected chi connectivity index (χ0v) is 25.2. The first-order valence-electron chi connectivity index (χ1n) is 14.2. The summed E-state index contributed by atoms with van der Waals surface area (Å²) in [5, 5.41) is 22.2. The molecule has 0 fully saturated rings. The van der Waals surface area contributed by atoms with Crippen molar-refractivity contribution in [2.75, 3.05) is 49.5 Å². The maximum absolute atomic E-state index is 13.7. The van der Waals surface area contributed by atoms with Crippen LogP contribution in [0.15, 0.2) is 40.9 Å². The molecule has 2 aliphatic heterocycles. The van der Waals surface area contributed by atoms with Crippen molar-refractivity contribution in [3.63, 3.8) is 0 Å². The van der Waals surface area contributed by atoms with Crippen LogP contribution >= 0.6 is 0 Å². The molecule has 3 aromatic rings. The second-order valence-corrected chi connectivity index (χ2v) is 11.0. The molecule has 44 heavy (non-hydrogen) atoms. The van der Waals surface area contributed by atoms with E-state index in [2.05, 4.69) is 21.1 Å². The number of aliphatic hydroxyl groups excluding tert-OH is 1. The maximum atomic E-state index is 13.7. The monoisotopic (exact) mass is 608 g/mol. The quantitative estimate of drug-likeness (QED) is 0.309. The van der Waals surface area contributed by atoms with Crippen LogP contribution in [0.25, 0.3) is 0 Å². The number of aromatic nitrogens is 1. The molecule has 14 heteroatoms.